The molecule has 80 valence electrons. The summed E-state index contributed by atoms with van der Waals surface area (Å²) in [5.74, 6) is 0.101. The van der Waals surface area contributed by atoms with Crippen LogP contribution in [0.2, 0.25) is 0 Å². The quantitative estimate of drug-likeness (QED) is 0.569. The molecule has 0 saturated heterocycles. The highest BCUT2D eigenvalue weighted by atomic mass is 19.3. The van der Waals surface area contributed by atoms with Crippen molar-refractivity contribution in [3.63, 3.8) is 0 Å². The summed E-state index contributed by atoms with van der Waals surface area (Å²) in [7, 11) is 1.31. The normalized spacial score (nSPS) is 9.87. The highest BCUT2D eigenvalue weighted by Gasteiger charge is 2.17. The Kier molecular flexibility index (Phi) is 3.94. The lowest BCUT2D eigenvalue weighted by Crippen LogP contribution is -1.98. The molecular formula is C10H9F2NO2. The van der Waals surface area contributed by atoms with Crippen molar-refractivity contribution >= 4 is 6.08 Å². The SMILES string of the molecule is COc1cccc(CN=C=O)c1C(F)F. The molecule has 0 atom stereocenters. The van der Waals surface area contributed by atoms with E-state index in [4.69, 9.17) is 4.74 Å². The summed E-state index contributed by atoms with van der Waals surface area (Å²) in [6, 6.07) is 4.49. The number of hydrogen-bond donors (Lipinski definition) is 0. The molecule has 0 N–H and O–H groups in total. The van der Waals surface area contributed by atoms with Gasteiger partial charge in [0.2, 0.25) is 6.08 Å². The molecule has 0 aromatic heterocycles. The highest BCUT2D eigenvalue weighted by molar-refractivity contribution is 5.42. The lowest BCUT2D eigenvalue weighted by molar-refractivity contribution is 0.146. The second-order valence-corrected chi connectivity index (χ2v) is 2.74. The van der Waals surface area contributed by atoms with Crippen molar-refractivity contribution in [1.82, 2.24) is 0 Å². The van der Waals surface area contributed by atoms with Crippen molar-refractivity contribution in [2.24, 2.45) is 4.99 Å². The predicted molar refractivity (Wildman–Crippen MR) is 49.8 cm³/mol. The van der Waals surface area contributed by atoms with Gasteiger partial charge in [-0.25, -0.2) is 18.6 Å². The highest BCUT2D eigenvalue weighted by Crippen LogP contribution is 2.32. The molecule has 3 nitrogen and oxygen atoms in total. The van der Waals surface area contributed by atoms with E-state index in [-0.39, 0.29) is 23.4 Å². The molecule has 1 rings (SSSR count). The van der Waals surface area contributed by atoms with E-state index in [9.17, 15) is 13.6 Å². The fourth-order valence-corrected chi connectivity index (χ4v) is 1.27. The Labute approximate surface area is 85.4 Å². The Balaban J connectivity index is 3.18. The van der Waals surface area contributed by atoms with Crippen molar-refractivity contribution < 1.29 is 18.3 Å². The van der Waals surface area contributed by atoms with Crippen LogP contribution in [0.4, 0.5) is 8.78 Å². The Hall–Kier alpha value is -1.74. The maximum absolute atomic E-state index is 12.7. The molecule has 0 heterocycles. The molecule has 0 amide bonds. The van der Waals surface area contributed by atoms with Crippen LogP contribution in [-0.2, 0) is 11.3 Å². The van der Waals surface area contributed by atoms with Gasteiger partial charge in [-0.05, 0) is 11.6 Å². The molecule has 0 bridgehead atoms. The zero-order valence-corrected chi connectivity index (χ0v) is 8.04. The molecule has 1 aromatic rings. The first-order valence-corrected chi connectivity index (χ1v) is 4.18. The third kappa shape index (κ3) is 2.60. The molecule has 1 aromatic carbocycles. The Bertz CT molecular complexity index is 387. The van der Waals surface area contributed by atoms with Crippen LogP contribution in [0.3, 0.4) is 0 Å². The standard InChI is InChI=1S/C10H9F2NO2/c1-15-8-4-2-3-7(5-13-6-14)9(8)10(11)12/h2-4,10H,5H2,1H3. The van der Waals surface area contributed by atoms with Gasteiger partial charge in [-0.15, -0.1) is 0 Å². The van der Waals surface area contributed by atoms with Crippen LogP contribution in [-0.4, -0.2) is 13.2 Å². The minimum absolute atomic E-state index is 0.101. The van der Waals surface area contributed by atoms with Crippen LogP contribution in [0, 0.1) is 0 Å². The number of methoxy groups -OCH3 is 1. The fraction of sp³-hybridized carbons (Fsp3) is 0.300. The number of alkyl halides is 2. The summed E-state index contributed by atoms with van der Waals surface area (Å²) >= 11 is 0. The first-order chi connectivity index (χ1) is 7.20. The monoisotopic (exact) mass is 213 g/mol. The fourth-order valence-electron chi connectivity index (χ4n) is 1.27. The molecule has 0 unspecified atom stereocenters. The number of isocyanates is 1. The summed E-state index contributed by atoms with van der Waals surface area (Å²) < 4.78 is 30.2. The van der Waals surface area contributed by atoms with Gasteiger partial charge in [0, 0.05) is 0 Å². The average Bonchev–Trinajstić information content (AvgIpc) is 2.25. The number of hydrogen-bond acceptors (Lipinski definition) is 3. The van der Waals surface area contributed by atoms with Crippen LogP contribution in [0.1, 0.15) is 17.6 Å². The Morgan fingerprint density at radius 1 is 1.53 bits per heavy atom. The average molecular weight is 213 g/mol. The van der Waals surface area contributed by atoms with Gasteiger partial charge >= 0.3 is 0 Å². The van der Waals surface area contributed by atoms with Gasteiger partial charge in [0.25, 0.3) is 6.43 Å². The van der Waals surface area contributed by atoms with E-state index in [2.05, 4.69) is 4.99 Å². The van der Waals surface area contributed by atoms with Gasteiger partial charge in [0.15, 0.2) is 0 Å². The van der Waals surface area contributed by atoms with Crippen LogP contribution >= 0.6 is 0 Å². The molecule has 0 spiro atoms. The van der Waals surface area contributed by atoms with E-state index in [0.717, 1.165) is 0 Å². The van der Waals surface area contributed by atoms with Gasteiger partial charge in [0.1, 0.15) is 5.75 Å². The smallest absolute Gasteiger partial charge is 0.267 e. The van der Waals surface area contributed by atoms with Crippen LogP contribution in [0.5, 0.6) is 5.75 Å². The summed E-state index contributed by atoms with van der Waals surface area (Å²) in [5, 5.41) is 0. The zero-order valence-electron chi connectivity index (χ0n) is 8.04. The lowest BCUT2D eigenvalue weighted by Gasteiger charge is -2.11. The lowest BCUT2D eigenvalue weighted by atomic mass is 10.1. The molecule has 0 aliphatic carbocycles. The summed E-state index contributed by atoms with van der Waals surface area (Å²) in [5.41, 5.74) is 0.0479. The van der Waals surface area contributed by atoms with Gasteiger partial charge < -0.3 is 4.74 Å². The molecule has 0 radical (unpaired) electrons. The van der Waals surface area contributed by atoms with Gasteiger partial charge in [-0.2, -0.15) is 0 Å². The number of rotatable bonds is 4. The first-order valence-electron chi connectivity index (χ1n) is 4.18. The Morgan fingerprint density at radius 3 is 2.80 bits per heavy atom. The second kappa shape index (κ2) is 5.22. The summed E-state index contributed by atoms with van der Waals surface area (Å²) in [6.07, 6.45) is -1.35. The molecule has 15 heavy (non-hydrogen) atoms. The Morgan fingerprint density at radius 2 is 2.27 bits per heavy atom. The van der Waals surface area contributed by atoms with E-state index in [1.54, 1.807) is 6.07 Å². The topological polar surface area (TPSA) is 38.7 Å². The van der Waals surface area contributed by atoms with Gasteiger partial charge in [0.05, 0.1) is 19.2 Å². The molecule has 0 aliphatic heterocycles. The number of carbonyl (C=O) groups excluding carboxylic acids is 1. The van der Waals surface area contributed by atoms with Gasteiger partial charge in [-0.3, -0.25) is 0 Å². The molecule has 5 heteroatoms. The minimum Gasteiger partial charge on any atom is -0.496 e. The number of halogens is 2. The van der Waals surface area contributed by atoms with Crippen LogP contribution < -0.4 is 4.74 Å². The molecule has 0 saturated carbocycles. The van der Waals surface area contributed by atoms with E-state index < -0.39 is 6.43 Å². The van der Waals surface area contributed by atoms with Crippen molar-refractivity contribution in [2.75, 3.05) is 7.11 Å². The third-order valence-corrected chi connectivity index (χ3v) is 1.91. The number of ether oxygens (including phenoxy) is 1. The van der Waals surface area contributed by atoms with E-state index in [1.807, 2.05) is 0 Å². The maximum atomic E-state index is 12.7. The van der Waals surface area contributed by atoms with Gasteiger partial charge in [-0.1, -0.05) is 12.1 Å². The van der Waals surface area contributed by atoms with Crippen molar-refractivity contribution in [2.45, 2.75) is 13.0 Å². The minimum atomic E-state index is -2.65. The molecule has 0 fully saturated rings. The second-order valence-electron chi connectivity index (χ2n) is 2.74. The predicted octanol–water partition coefficient (Wildman–Crippen LogP) is 2.47. The van der Waals surface area contributed by atoms with Crippen molar-refractivity contribution in [3.05, 3.63) is 29.3 Å². The zero-order chi connectivity index (χ0) is 11.3. The third-order valence-electron chi connectivity index (χ3n) is 1.91. The summed E-state index contributed by atoms with van der Waals surface area (Å²) in [4.78, 5) is 13.2. The van der Waals surface area contributed by atoms with E-state index in [0.29, 0.717) is 0 Å². The van der Waals surface area contributed by atoms with Crippen molar-refractivity contribution in [1.29, 1.82) is 0 Å². The maximum Gasteiger partial charge on any atom is 0.267 e. The van der Waals surface area contributed by atoms with Crippen LogP contribution in [0.25, 0.3) is 0 Å². The number of benzene rings is 1. The largest absolute Gasteiger partial charge is 0.496 e. The van der Waals surface area contributed by atoms with E-state index in [1.165, 1.54) is 25.3 Å². The molecular weight excluding hydrogens is 204 g/mol. The first kappa shape index (κ1) is 11.3. The van der Waals surface area contributed by atoms with E-state index >= 15 is 0 Å². The number of aliphatic imine (C=N–C) groups is 1. The van der Waals surface area contributed by atoms with Crippen molar-refractivity contribution in [3.8, 4) is 5.75 Å². The summed E-state index contributed by atoms with van der Waals surface area (Å²) in [6.45, 7) is -0.111. The molecule has 0 aliphatic rings. The van der Waals surface area contributed by atoms with Crippen LogP contribution in [0.15, 0.2) is 23.2 Å². The number of nitrogens with zero attached hydrogens (tertiary/aromatic N) is 1.